The third kappa shape index (κ3) is 4.42. The van der Waals surface area contributed by atoms with Crippen molar-refractivity contribution in [2.75, 3.05) is 16.9 Å². The van der Waals surface area contributed by atoms with Crippen LogP contribution in [0.1, 0.15) is 5.56 Å². The largest absolute Gasteiger partial charge is 0.335 e. The third-order valence-electron chi connectivity index (χ3n) is 3.67. The van der Waals surface area contributed by atoms with Gasteiger partial charge in [0.05, 0.1) is 10.7 Å². The van der Waals surface area contributed by atoms with E-state index in [1.807, 2.05) is 31.2 Å². The number of nitro groups is 1. The summed E-state index contributed by atoms with van der Waals surface area (Å²) < 4.78 is 1.34. The molecular weight excluding hydrogens is 368 g/mol. The Balaban J connectivity index is 1.60. The average Bonchev–Trinajstić information content (AvgIpc) is 3.02. The number of aromatic nitrogens is 3. The van der Waals surface area contributed by atoms with Crippen molar-refractivity contribution in [1.29, 1.82) is 0 Å². The molecule has 0 saturated heterocycles. The van der Waals surface area contributed by atoms with Crippen LogP contribution in [0.25, 0.3) is 11.4 Å². The minimum atomic E-state index is -0.499. The molecule has 9 nitrogen and oxygen atoms in total. The minimum Gasteiger partial charge on any atom is -0.335 e. The second-order valence-electron chi connectivity index (χ2n) is 5.68. The number of amides is 1. The van der Waals surface area contributed by atoms with Crippen molar-refractivity contribution in [3.05, 3.63) is 64.2 Å². The van der Waals surface area contributed by atoms with Crippen LogP contribution >= 0.6 is 11.8 Å². The number of carbonyl (C=O) groups is 1. The fraction of sp³-hybridized carbons (Fsp3) is 0.118. The van der Waals surface area contributed by atoms with E-state index < -0.39 is 4.92 Å². The Morgan fingerprint density at radius 2 is 1.85 bits per heavy atom. The van der Waals surface area contributed by atoms with Gasteiger partial charge in [0, 0.05) is 23.4 Å². The lowest BCUT2D eigenvalue weighted by Gasteiger charge is -2.05. The topological polar surface area (TPSA) is 129 Å². The standard InChI is InChI=1S/C17H16N6O3S/c1-11-2-4-12(5-3-11)16-20-21-17(22(16)18)27-10-15(24)19-13-6-8-14(9-7-13)23(25)26/h2-9H,10,18H2,1H3,(H,19,24). The molecular formula is C17H16N6O3S. The molecule has 1 heterocycles. The van der Waals surface area contributed by atoms with E-state index in [9.17, 15) is 14.9 Å². The molecule has 0 fully saturated rings. The molecule has 2 aromatic carbocycles. The SMILES string of the molecule is Cc1ccc(-c2nnc(SCC(=O)Nc3ccc([N+](=O)[O-])cc3)n2N)cc1. The summed E-state index contributed by atoms with van der Waals surface area (Å²) in [6, 6.07) is 13.3. The van der Waals surface area contributed by atoms with Crippen LogP contribution in [0, 0.1) is 17.0 Å². The normalized spacial score (nSPS) is 10.6. The van der Waals surface area contributed by atoms with E-state index in [1.165, 1.54) is 28.9 Å². The fourth-order valence-electron chi connectivity index (χ4n) is 2.27. The Morgan fingerprint density at radius 1 is 1.19 bits per heavy atom. The van der Waals surface area contributed by atoms with E-state index in [0.717, 1.165) is 22.9 Å². The molecule has 1 aromatic heterocycles. The van der Waals surface area contributed by atoms with Crippen molar-refractivity contribution in [1.82, 2.24) is 14.9 Å². The summed E-state index contributed by atoms with van der Waals surface area (Å²) in [6.45, 7) is 1.99. The van der Waals surface area contributed by atoms with Gasteiger partial charge in [0.25, 0.3) is 5.69 Å². The molecule has 0 atom stereocenters. The van der Waals surface area contributed by atoms with Crippen LogP contribution in [0.15, 0.2) is 53.7 Å². The number of non-ortho nitro benzene ring substituents is 1. The third-order valence-corrected chi connectivity index (χ3v) is 4.61. The Morgan fingerprint density at radius 3 is 2.48 bits per heavy atom. The van der Waals surface area contributed by atoms with Crippen LogP contribution in [0.5, 0.6) is 0 Å². The number of hydrogen-bond acceptors (Lipinski definition) is 7. The van der Waals surface area contributed by atoms with Crippen molar-refractivity contribution >= 4 is 29.0 Å². The second-order valence-corrected chi connectivity index (χ2v) is 6.63. The first-order valence-corrected chi connectivity index (χ1v) is 8.87. The molecule has 0 bridgehead atoms. The van der Waals surface area contributed by atoms with Crippen LogP contribution in [-0.2, 0) is 4.79 Å². The van der Waals surface area contributed by atoms with Gasteiger partial charge in [-0.3, -0.25) is 14.9 Å². The molecule has 0 radical (unpaired) electrons. The zero-order valence-electron chi connectivity index (χ0n) is 14.3. The number of nitrogens with zero attached hydrogens (tertiary/aromatic N) is 4. The highest BCUT2D eigenvalue weighted by atomic mass is 32.2. The number of nitrogens with one attached hydrogen (secondary N) is 1. The van der Waals surface area contributed by atoms with Gasteiger partial charge >= 0.3 is 0 Å². The molecule has 0 aliphatic carbocycles. The van der Waals surface area contributed by atoms with Gasteiger partial charge in [-0.05, 0) is 19.1 Å². The Bertz CT molecular complexity index is 969. The Hall–Kier alpha value is -3.40. The molecule has 3 aromatic rings. The summed E-state index contributed by atoms with van der Waals surface area (Å²) in [5, 5.41) is 21.8. The van der Waals surface area contributed by atoms with Gasteiger partial charge in [-0.1, -0.05) is 41.6 Å². The summed E-state index contributed by atoms with van der Waals surface area (Å²) in [7, 11) is 0. The maximum Gasteiger partial charge on any atom is 0.269 e. The van der Waals surface area contributed by atoms with E-state index in [4.69, 9.17) is 5.84 Å². The van der Waals surface area contributed by atoms with E-state index in [2.05, 4.69) is 15.5 Å². The number of nitrogens with two attached hydrogens (primary N) is 1. The first-order chi connectivity index (χ1) is 12.9. The average molecular weight is 384 g/mol. The quantitative estimate of drug-likeness (QED) is 0.289. The van der Waals surface area contributed by atoms with Crippen molar-refractivity contribution in [2.24, 2.45) is 0 Å². The highest BCUT2D eigenvalue weighted by Crippen LogP contribution is 2.22. The van der Waals surface area contributed by atoms with Crippen LogP contribution < -0.4 is 11.2 Å². The molecule has 0 aliphatic rings. The monoisotopic (exact) mass is 384 g/mol. The Labute approximate surface area is 158 Å². The number of benzene rings is 2. The predicted octanol–water partition coefficient (Wildman–Crippen LogP) is 2.61. The van der Waals surface area contributed by atoms with Gasteiger partial charge in [0.15, 0.2) is 5.82 Å². The number of thioether (sulfide) groups is 1. The molecule has 0 saturated carbocycles. The second kappa shape index (κ2) is 7.87. The lowest BCUT2D eigenvalue weighted by atomic mass is 10.1. The Kier molecular flexibility index (Phi) is 5.36. The zero-order valence-corrected chi connectivity index (χ0v) is 15.1. The number of aryl methyl sites for hydroxylation is 1. The number of nitro benzene ring substituents is 1. The molecule has 0 spiro atoms. The van der Waals surface area contributed by atoms with Gasteiger partial charge in [-0.15, -0.1) is 10.2 Å². The highest BCUT2D eigenvalue weighted by molar-refractivity contribution is 7.99. The lowest BCUT2D eigenvalue weighted by Crippen LogP contribution is -2.16. The van der Waals surface area contributed by atoms with Crippen LogP contribution in [0.2, 0.25) is 0 Å². The smallest absolute Gasteiger partial charge is 0.269 e. The summed E-state index contributed by atoms with van der Waals surface area (Å²) in [5.74, 6) is 6.33. The number of anilines is 1. The number of carbonyl (C=O) groups excluding carboxylic acids is 1. The van der Waals surface area contributed by atoms with Crippen molar-refractivity contribution in [2.45, 2.75) is 12.1 Å². The molecule has 138 valence electrons. The van der Waals surface area contributed by atoms with E-state index >= 15 is 0 Å². The number of nitrogen functional groups attached to an aromatic ring is 1. The van der Waals surface area contributed by atoms with Crippen LogP contribution in [-0.4, -0.2) is 31.5 Å². The number of hydrogen-bond donors (Lipinski definition) is 2. The van der Waals surface area contributed by atoms with Gasteiger partial charge in [-0.2, -0.15) is 0 Å². The van der Waals surface area contributed by atoms with Gasteiger partial charge in [-0.25, -0.2) is 4.68 Å². The molecule has 0 unspecified atom stereocenters. The predicted molar refractivity (Wildman–Crippen MR) is 103 cm³/mol. The van der Waals surface area contributed by atoms with Crippen molar-refractivity contribution < 1.29 is 9.72 Å². The minimum absolute atomic E-state index is 0.0396. The summed E-state index contributed by atoms with van der Waals surface area (Å²) >= 11 is 1.15. The molecule has 0 aliphatic heterocycles. The van der Waals surface area contributed by atoms with Crippen LogP contribution in [0.3, 0.4) is 0 Å². The summed E-state index contributed by atoms with van der Waals surface area (Å²) in [6.07, 6.45) is 0. The molecule has 3 N–H and O–H groups in total. The maximum absolute atomic E-state index is 12.1. The summed E-state index contributed by atoms with van der Waals surface area (Å²) in [4.78, 5) is 22.2. The molecule has 27 heavy (non-hydrogen) atoms. The molecule has 10 heteroatoms. The molecule has 3 rings (SSSR count). The van der Waals surface area contributed by atoms with Gasteiger partial charge in [0.1, 0.15) is 0 Å². The lowest BCUT2D eigenvalue weighted by molar-refractivity contribution is -0.384. The van der Waals surface area contributed by atoms with E-state index in [0.29, 0.717) is 16.7 Å². The van der Waals surface area contributed by atoms with Crippen molar-refractivity contribution in [3.63, 3.8) is 0 Å². The van der Waals surface area contributed by atoms with E-state index in [1.54, 1.807) is 0 Å². The van der Waals surface area contributed by atoms with Gasteiger partial charge < -0.3 is 11.2 Å². The fourth-order valence-corrected chi connectivity index (χ4v) is 2.93. The first-order valence-electron chi connectivity index (χ1n) is 7.88. The van der Waals surface area contributed by atoms with Crippen LogP contribution in [0.4, 0.5) is 11.4 Å². The zero-order chi connectivity index (χ0) is 19.4. The summed E-state index contributed by atoms with van der Waals surface area (Å²) in [5.41, 5.74) is 2.39. The highest BCUT2D eigenvalue weighted by Gasteiger charge is 2.14. The maximum atomic E-state index is 12.1. The van der Waals surface area contributed by atoms with E-state index in [-0.39, 0.29) is 17.3 Å². The van der Waals surface area contributed by atoms with Gasteiger partial charge in [0.2, 0.25) is 11.1 Å². The van der Waals surface area contributed by atoms with Crippen molar-refractivity contribution in [3.8, 4) is 11.4 Å². The molecule has 1 amide bonds. The number of rotatable bonds is 6. The first kappa shape index (κ1) is 18.4.